The summed E-state index contributed by atoms with van der Waals surface area (Å²) in [6.07, 6.45) is 2.53. The minimum absolute atomic E-state index is 0.127. The second kappa shape index (κ2) is 7.99. The van der Waals surface area contributed by atoms with Crippen LogP contribution >= 0.6 is 0 Å². The van der Waals surface area contributed by atoms with Crippen LogP contribution in [0.15, 0.2) is 35.4 Å². The smallest absolute Gasteiger partial charge is 0.303 e. The predicted molar refractivity (Wildman–Crippen MR) is 95.9 cm³/mol. The summed E-state index contributed by atoms with van der Waals surface area (Å²) in [5.41, 5.74) is 1.42. The molecule has 2 rings (SSSR count). The van der Waals surface area contributed by atoms with Gasteiger partial charge in [-0.15, -0.1) is 0 Å². The molecular formula is C20H22O6. The van der Waals surface area contributed by atoms with E-state index in [0.29, 0.717) is 12.2 Å². The van der Waals surface area contributed by atoms with Crippen LogP contribution in [-0.2, 0) is 9.53 Å². The molecule has 0 aliphatic heterocycles. The van der Waals surface area contributed by atoms with Gasteiger partial charge in [-0.05, 0) is 32.1 Å². The molecule has 0 aromatic heterocycles. The molecule has 1 atom stereocenters. The first-order valence-corrected chi connectivity index (χ1v) is 8.16. The molecular weight excluding hydrogens is 336 g/mol. The summed E-state index contributed by atoms with van der Waals surface area (Å²) in [6, 6.07) is 3.15. The molecule has 0 amide bonds. The molecule has 1 aromatic rings. The number of hydrogen-bond donors (Lipinski definition) is 0. The highest BCUT2D eigenvalue weighted by Gasteiger charge is 2.36. The van der Waals surface area contributed by atoms with Crippen LogP contribution in [0.25, 0.3) is 0 Å². The zero-order valence-electron chi connectivity index (χ0n) is 15.5. The number of allylic oxidation sites excluding steroid dienone is 2. The first kappa shape index (κ1) is 19.4. The molecule has 1 aliphatic rings. The van der Waals surface area contributed by atoms with Gasteiger partial charge in [0, 0.05) is 18.9 Å². The van der Waals surface area contributed by atoms with Gasteiger partial charge in [-0.1, -0.05) is 11.6 Å². The van der Waals surface area contributed by atoms with Gasteiger partial charge in [0.2, 0.25) is 0 Å². The van der Waals surface area contributed by atoms with E-state index in [-0.39, 0.29) is 28.2 Å². The molecule has 0 heterocycles. The largest absolute Gasteiger partial charge is 0.496 e. The summed E-state index contributed by atoms with van der Waals surface area (Å²) in [4.78, 5) is 37.3. The number of methoxy groups -OCH3 is 2. The molecule has 138 valence electrons. The van der Waals surface area contributed by atoms with Gasteiger partial charge < -0.3 is 14.2 Å². The fourth-order valence-electron chi connectivity index (χ4n) is 2.82. The molecule has 0 fully saturated rings. The molecule has 1 aliphatic carbocycles. The third-order valence-electron chi connectivity index (χ3n) is 3.99. The van der Waals surface area contributed by atoms with Crippen molar-refractivity contribution in [3.8, 4) is 11.5 Å². The van der Waals surface area contributed by atoms with Gasteiger partial charge >= 0.3 is 5.97 Å². The van der Waals surface area contributed by atoms with E-state index in [2.05, 4.69) is 0 Å². The van der Waals surface area contributed by atoms with E-state index in [1.165, 1.54) is 27.2 Å². The van der Waals surface area contributed by atoms with E-state index in [1.807, 2.05) is 19.9 Å². The SMILES string of the molecule is COc1ccc(OC)c2c1C(=O)C=C(C(CC=C(C)C)OC(C)=O)C2=O. The Bertz CT molecular complexity index is 812. The van der Waals surface area contributed by atoms with E-state index in [0.717, 1.165) is 5.57 Å². The van der Waals surface area contributed by atoms with Crippen molar-refractivity contribution in [2.75, 3.05) is 14.2 Å². The Morgan fingerprint density at radius 1 is 1.04 bits per heavy atom. The summed E-state index contributed by atoms with van der Waals surface area (Å²) >= 11 is 0. The van der Waals surface area contributed by atoms with Crippen LogP contribution in [0.3, 0.4) is 0 Å². The van der Waals surface area contributed by atoms with Gasteiger partial charge in [0.15, 0.2) is 11.6 Å². The summed E-state index contributed by atoms with van der Waals surface area (Å²) in [7, 11) is 2.85. The van der Waals surface area contributed by atoms with Crippen molar-refractivity contribution in [3.63, 3.8) is 0 Å². The average Bonchev–Trinajstić information content (AvgIpc) is 2.60. The quantitative estimate of drug-likeness (QED) is 0.573. The molecule has 0 saturated carbocycles. The van der Waals surface area contributed by atoms with Crippen molar-refractivity contribution in [3.05, 3.63) is 46.6 Å². The fourth-order valence-corrected chi connectivity index (χ4v) is 2.82. The highest BCUT2D eigenvalue weighted by atomic mass is 16.5. The maximum Gasteiger partial charge on any atom is 0.303 e. The second-order valence-corrected chi connectivity index (χ2v) is 6.13. The standard InChI is InChI=1S/C20H22O6/c1-11(2)6-7-15(26-12(3)21)13-10-14(22)18-16(24-4)8-9-17(25-5)19(18)20(13)23/h6,8-10,15H,7H2,1-5H3. The number of benzene rings is 1. The van der Waals surface area contributed by atoms with Crippen molar-refractivity contribution in [1.29, 1.82) is 0 Å². The number of esters is 1. The minimum atomic E-state index is -0.845. The topological polar surface area (TPSA) is 78.9 Å². The first-order chi connectivity index (χ1) is 12.3. The maximum absolute atomic E-state index is 13.1. The van der Waals surface area contributed by atoms with Crippen LogP contribution in [0, 0.1) is 0 Å². The van der Waals surface area contributed by atoms with Gasteiger partial charge in [-0.25, -0.2) is 0 Å². The Balaban J connectivity index is 2.57. The molecule has 0 spiro atoms. The second-order valence-electron chi connectivity index (χ2n) is 6.13. The molecule has 1 aromatic carbocycles. The van der Waals surface area contributed by atoms with Crippen molar-refractivity contribution < 1.29 is 28.6 Å². The van der Waals surface area contributed by atoms with Crippen molar-refractivity contribution in [2.45, 2.75) is 33.3 Å². The Morgan fingerprint density at radius 3 is 2.12 bits per heavy atom. The third kappa shape index (κ3) is 3.85. The lowest BCUT2D eigenvalue weighted by atomic mass is 9.85. The summed E-state index contributed by atoms with van der Waals surface area (Å²) < 4.78 is 15.8. The van der Waals surface area contributed by atoms with Crippen LogP contribution < -0.4 is 9.47 Å². The van der Waals surface area contributed by atoms with Gasteiger partial charge in [0.05, 0.1) is 25.3 Å². The van der Waals surface area contributed by atoms with E-state index < -0.39 is 17.9 Å². The predicted octanol–water partition coefficient (Wildman–Crippen LogP) is 3.30. The van der Waals surface area contributed by atoms with E-state index in [4.69, 9.17) is 14.2 Å². The number of Topliss-reactive ketones (excluding diaryl/α,β-unsaturated/α-hetero) is 1. The molecule has 0 bridgehead atoms. The highest BCUT2D eigenvalue weighted by Crippen LogP contribution is 2.37. The van der Waals surface area contributed by atoms with E-state index in [9.17, 15) is 14.4 Å². The van der Waals surface area contributed by atoms with Crippen LogP contribution in [0.2, 0.25) is 0 Å². The van der Waals surface area contributed by atoms with Crippen LogP contribution in [0.4, 0.5) is 0 Å². The van der Waals surface area contributed by atoms with Gasteiger partial charge in [0.1, 0.15) is 17.6 Å². The Kier molecular flexibility index (Phi) is 5.97. The average molecular weight is 358 g/mol. The van der Waals surface area contributed by atoms with E-state index in [1.54, 1.807) is 12.1 Å². The first-order valence-electron chi connectivity index (χ1n) is 8.16. The number of carbonyl (C=O) groups excluding carboxylic acids is 3. The highest BCUT2D eigenvalue weighted by molar-refractivity contribution is 6.27. The summed E-state index contributed by atoms with van der Waals surface area (Å²) in [5, 5.41) is 0. The zero-order valence-corrected chi connectivity index (χ0v) is 15.5. The molecule has 6 heteroatoms. The molecule has 0 radical (unpaired) electrons. The zero-order chi connectivity index (χ0) is 19.4. The van der Waals surface area contributed by atoms with Crippen LogP contribution in [-0.4, -0.2) is 37.9 Å². The number of fused-ring (bicyclic) bond motifs is 1. The number of rotatable bonds is 6. The van der Waals surface area contributed by atoms with E-state index >= 15 is 0 Å². The maximum atomic E-state index is 13.1. The lowest BCUT2D eigenvalue weighted by Crippen LogP contribution is -2.29. The lowest BCUT2D eigenvalue weighted by Gasteiger charge is -2.24. The molecule has 6 nitrogen and oxygen atoms in total. The Labute approximate surface area is 152 Å². The number of ketones is 2. The van der Waals surface area contributed by atoms with Gasteiger partial charge in [0.25, 0.3) is 0 Å². The number of hydrogen-bond acceptors (Lipinski definition) is 6. The molecule has 1 unspecified atom stereocenters. The fraction of sp³-hybridized carbons (Fsp3) is 0.350. The van der Waals surface area contributed by atoms with Crippen molar-refractivity contribution in [1.82, 2.24) is 0 Å². The van der Waals surface area contributed by atoms with Crippen molar-refractivity contribution in [2.24, 2.45) is 0 Å². The lowest BCUT2D eigenvalue weighted by molar-refractivity contribution is -0.144. The summed E-state index contributed by atoms with van der Waals surface area (Å²) in [5.74, 6) is -0.763. The van der Waals surface area contributed by atoms with Gasteiger partial charge in [-0.2, -0.15) is 0 Å². The Hall–Kier alpha value is -2.89. The number of ether oxygens (including phenoxy) is 3. The minimum Gasteiger partial charge on any atom is -0.496 e. The Morgan fingerprint density at radius 2 is 1.62 bits per heavy atom. The monoisotopic (exact) mass is 358 g/mol. The van der Waals surface area contributed by atoms with Gasteiger partial charge in [-0.3, -0.25) is 14.4 Å². The van der Waals surface area contributed by atoms with Crippen LogP contribution in [0.1, 0.15) is 47.9 Å². The molecule has 26 heavy (non-hydrogen) atoms. The van der Waals surface area contributed by atoms with Crippen LogP contribution in [0.5, 0.6) is 11.5 Å². The molecule has 0 saturated heterocycles. The molecule has 0 N–H and O–H groups in total. The van der Waals surface area contributed by atoms with Crippen molar-refractivity contribution >= 4 is 17.5 Å². The normalized spacial score (nSPS) is 14.1. The summed E-state index contributed by atoms with van der Waals surface area (Å²) in [6.45, 7) is 5.06. The number of carbonyl (C=O) groups is 3. The third-order valence-corrected chi connectivity index (χ3v) is 3.99.